The van der Waals surface area contributed by atoms with Crippen LogP contribution in [0.5, 0.6) is 0 Å². The molecule has 1 aliphatic carbocycles. The predicted molar refractivity (Wildman–Crippen MR) is 112 cm³/mol. The summed E-state index contributed by atoms with van der Waals surface area (Å²) in [7, 11) is 0. The van der Waals surface area contributed by atoms with E-state index in [1.165, 1.54) is 15.4 Å². The van der Waals surface area contributed by atoms with Crippen molar-refractivity contribution in [2.24, 2.45) is 5.92 Å². The molecule has 1 aromatic rings. The fraction of sp³-hybridized carbons (Fsp3) is 0.565. The van der Waals surface area contributed by atoms with Gasteiger partial charge in [-0.2, -0.15) is 0 Å². The summed E-state index contributed by atoms with van der Waals surface area (Å²) in [5.41, 5.74) is 0.602. The van der Waals surface area contributed by atoms with Gasteiger partial charge in [0.2, 0.25) is 0 Å². The van der Waals surface area contributed by atoms with E-state index in [0.29, 0.717) is 6.67 Å². The molecule has 3 fully saturated rings. The molecule has 3 aliphatic rings. The summed E-state index contributed by atoms with van der Waals surface area (Å²) in [4.78, 5) is 30.1. The number of nitrogens with one attached hydrogen (secondary N) is 3. The highest BCUT2D eigenvalue weighted by atomic mass is 16.2. The third-order valence-electron chi connectivity index (χ3n) is 7.06. The fourth-order valence-corrected chi connectivity index (χ4v) is 5.11. The normalized spacial score (nSPS) is 32.9. The Hall–Kier alpha value is -2.18. The van der Waals surface area contributed by atoms with Crippen molar-refractivity contribution in [2.45, 2.75) is 38.1 Å². The first kappa shape index (κ1) is 20.1. The van der Waals surface area contributed by atoms with Crippen molar-refractivity contribution in [1.82, 2.24) is 10.2 Å². The van der Waals surface area contributed by atoms with Gasteiger partial charge in [0.25, 0.3) is 5.91 Å². The average Bonchev–Trinajstić information content (AvgIpc) is 2.97. The maximum Gasteiger partial charge on any atom is 0.329 e. The van der Waals surface area contributed by atoms with Crippen molar-refractivity contribution in [1.29, 1.82) is 0 Å². The second-order valence-electron chi connectivity index (χ2n) is 8.96. The fourth-order valence-electron chi connectivity index (χ4n) is 5.11. The molecule has 3 amide bonds. The number of hydrogen-bond donors (Lipinski definition) is 3. The Kier molecular flexibility index (Phi) is 6.01. The minimum atomic E-state index is -0.635. The van der Waals surface area contributed by atoms with E-state index in [4.69, 9.17) is 0 Å². The lowest BCUT2D eigenvalue weighted by atomic mass is 9.73. The Morgan fingerprint density at radius 1 is 1.10 bits per heavy atom. The number of carbonyl (C=O) groups is 2. The van der Waals surface area contributed by atoms with E-state index in [1.807, 2.05) is 6.07 Å². The number of benzene rings is 1. The summed E-state index contributed by atoms with van der Waals surface area (Å²) < 4.78 is 0. The van der Waals surface area contributed by atoms with E-state index in [-0.39, 0.29) is 17.9 Å². The Morgan fingerprint density at radius 3 is 2.55 bits per heavy atom. The summed E-state index contributed by atoms with van der Waals surface area (Å²) in [5.74, 6) is 0.244. The van der Waals surface area contributed by atoms with Crippen LogP contribution in [0.15, 0.2) is 36.4 Å². The minimum absolute atomic E-state index is 0.0165. The maximum atomic E-state index is 13.1. The van der Waals surface area contributed by atoms with Gasteiger partial charge in [-0.25, -0.2) is 9.69 Å². The first-order chi connectivity index (χ1) is 14.1. The highest BCUT2D eigenvalue weighted by Crippen LogP contribution is 2.37. The molecule has 3 N–H and O–H groups in total. The molecule has 1 aromatic carbocycles. The zero-order valence-corrected chi connectivity index (χ0v) is 17.5. The molecule has 0 bridgehead atoms. The highest BCUT2D eigenvalue weighted by Gasteiger charge is 2.55. The number of piperazine rings is 1. The van der Waals surface area contributed by atoms with Crippen molar-refractivity contribution in [3.05, 3.63) is 42.0 Å². The smallest absolute Gasteiger partial charge is 0.323 e. The van der Waals surface area contributed by atoms with Gasteiger partial charge >= 0.3 is 6.03 Å². The summed E-state index contributed by atoms with van der Waals surface area (Å²) in [5, 5.41) is 3.07. The number of hydrogen-bond acceptors (Lipinski definition) is 2. The zero-order chi connectivity index (χ0) is 20.3. The number of nitrogens with zero attached hydrogens (tertiary/aromatic N) is 1. The molecule has 6 nitrogen and oxygen atoms in total. The summed E-state index contributed by atoms with van der Waals surface area (Å²) in [6, 6.07) is 10.2. The summed E-state index contributed by atoms with van der Waals surface area (Å²) in [6.07, 6.45) is 8.42. The lowest BCUT2D eigenvalue weighted by Crippen LogP contribution is -3.28. The van der Waals surface area contributed by atoms with Gasteiger partial charge in [0.1, 0.15) is 31.7 Å². The molecule has 4 rings (SSSR count). The largest absolute Gasteiger partial charge is 0.329 e. The van der Waals surface area contributed by atoms with Crippen molar-refractivity contribution < 1.29 is 19.4 Å². The standard InChI is InChI=1S/C23H32N4O2/c1-19-8-5-6-12-23(19)21(28)27(22(29)24-23)18-26-16-14-25(15-17-26)13-7-11-20-9-3-2-4-10-20/h2-4,7,9-11,19H,5-6,8,12-18H2,1H3,(H,24,29)/p+2/b11-7+/t19-,23+/m0/s1. The van der Waals surface area contributed by atoms with Crippen LogP contribution in [-0.2, 0) is 4.79 Å². The zero-order valence-electron chi connectivity index (χ0n) is 17.5. The molecule has 2 atom stereocenters. The SMILES string of the molecule is C[C@H]1CCCC[C@@]12NC(=O)N(C[NH+]1CC[NH+](C/C=C/c3ccccc3)CC1)C2=O. The third-order valence-corrected chi connectivity index (χ3v) is 7.06. The highest BCUT2D eigenvalue weighted by molar-refractivity contribution is 6.07. The van der Waals surface area contributed by atoms with E-state index >= 15 is 0 Å². The summed E-state index contributed by atoms with van der Waals surface area (Å²) >= 11 is 0. The van der Waals surface area contributed by atoms with Gasteiger partial charge in [0.15, 0.2) is 6.67 Å². The van der Waals surface area contributed by atoms with E-state index in [0.717, 1.165) is 58.4 Å². The second-order valence-corrected chi connectivity index (χ2v) is 8.96. The van der Waals surface area contributed by atoms with Gasteiger partial charge in [0.05, 0.1) is 6.54 Å². The van der Waals surface area contributed by atoms with Gasteiger partial charge in [-0.3, -0.25) is 4.79 Å². The van der Waals surface area contributed by atoms with Crippen LogP contribution < -0.4 is 15.1 Å². The number of rotatable bonds is 5. The van der Waals surface area contributed by atoms with Crippen LogP contribution in [0.2, 0.25) is 0 Å². The predicted octanol–water partition coefficient (Wildman–Crippen LogP) is -0.0586. The van der Waals surface area contributed by atoms with Crippen LogP contribution >= 0.6 is 0 Å². The first-order valence-corrected chi connectivity index (χ1v) is 11.1. The second kappa shape index (κ2) is 8.67. The molecule has 2 aliphatic heterocycles. The van der Waals surface area contributed by atoms with E-state index in [2.05, 4.69) is 48.7 Å². The molecular weight excluding hydrogens is 364 g/mol. The quantitative estimate of drug-likeness (QED) is 0.609. The molecule has 0 unspecified atom stereocenters. The van der Waals surface area contributed by atoms with Crippen LogP contribution in [0, 0.1) is 5.92 Å². The van der Waals surface area contributed by atoms with Crippen LogP contribution in [0.25, 0.3) is 6.08 Å². The van der Waals surface area contributed by atoms with Crippen LogP contribution in [0.4, 0.5) is 4.79 Å². The van der Waals surface area contributed by atoms with Gasteiger partial charge in [-0.15, -0.1) is 0 Å². The van der Waals surface area contributed by atoms with Crippen molar-refractivity contribution in [3.8, 4) is 0 Å². The Morgan fingerprint density at radius 2 is 1.83 bits per heavy atom. The van der Waals surface area contributed by atoms with E-state index in [1.54, 1.807) is 4.90 Å². The molecule has 29 heavy (non-hydrogen) atoms. The van der Waals surface area contributed by atoms with Crippen molar-refractivity contribution in [2.75, 3.05) is 39.4 Å². The molecule has 6 heteroatoms. The number of imide groups is 1. The molecule has 2 saturated heterocycles. The maximum absolute atomic E-state index is 13.1. The molecule has 156 valence electrons. The number of carbonyl (C=O) groups excluding carboxylic acids is 2. The number of quaternary nitrogens is 2. The molecule has 0 radical (unpaired) electrons. The molecule has 1 spiro atoms. The Labute approximate surface area is 173 Å². The third kappa shape index (κ3) is 4.23. The van der Waals surface area contributed by atoms with Gasteiger partial charge in [0, 0.05) is 0 Å². The lowest BCUT2D eigenvalue weighted by molar-refractivity contribution is -1.01. The van der Waals surface area contributed by atoms with E-state index in [9.17, 15) is 9.59 Å². The van der Waals surface area contributed by atoms with Gasteiger partial charge in [-0.05, 0) is 30.4 Å². The Balaban J connectivity index is 1.27. The first-order valence-electron chi connectivity index (χ1n) is 11.1. The summed E-state index contributed by atoms with van der Waals surface area (Å²) in [6.45, 7) is 7.76. The van der Waals surface area contributed by atoms with Gasteiger partial charge in [-0.1, -0.05) is 56.2 Å². The topological polar surface area (TPSA) is 58.3 Å². The monoisotopic (exact) mass is 398 g/mol. The van der Waals surface area contributed by atoms with Gasteiger partial charge < -0.3 is 15.1 Å². The molecule has 2 heterocycles. The number of urea groups is 1. The van der Waals surface area contributed by atoms with Crippen molar-refractivity contribution in [3.63, 3.8) is 0 Å². The molecule has 1 saturated carbocycles. The van der Waals surface area contributed by atoms with Crippen LogP contribution in [-0.4, -0.2) is 61.8 Å². The van der Waals surface area contributed by atoms with Crippen LogP contribution in [0.3, 0.4) is 0 Å². The average molecular weight is 399 g/mol. The van der Waals surface area contributed by atoms with E-state index < -0.39 is 5.54 Å². The Bertz CT molecular complexity index is 757. The van der Waals surface area contributed by atoms with Crippen LogP contribution in [0.1, 0.15) is 38.2 Å². The molecule has 0 aromatic heterocycles. The lowest BCUT2D eigenvalue weighted by Gasteiger charge is -2.37. The number of amides is 3. The van der Waals surface area contributed by atoms with Crippen molar-refractivity contribution >= 4 is 18.0 Å². The minimum Gasteiger partial charge on any atom is -0.323 e. The molecular formula is C23H34N4O2+2.